The first-order chi connectivity index (χ1) is 11.0. The summed E-state index contributed by atoms with van der Waals surface area (Å²) < 4.78 is 1.79. The monoisotopic (exact) mass is 332 g/mol. The SMILES string of the molecule is CCc1ccc(C(=O)CSc2nnc(CCC(N)=O)n2C)cc1. The summed E-state index contributed by atoms with van der Waals surface area (Å²) in [5.74, 6) is 0.672. The van der Waals surface area contributed by atoms with Gasteiger partial charge in [-0.25, -0.2) is 0 Å². The van der Waals surface area contributed by atoms with Crippen molar-refractivity contribution in [1.29, 1.82) is 0 Å². The average molecular weight is 332 g/mol. The summed E-state index contributed by atoms with van der Waals surface area (Å²) in [4.78, 5) is 23.0. The normalized spacial score (nSPS) is 10.7. The molecule has 2 aromatic rings. The molecule has 0 atom stereocenters. The Kier molecular flexibility index (Phi) is 5.92. The van der Waals surface area contributed by atoms with E-state index in [0.717, 1.165) is 6.42 Å². The number of aromatic nitrogens is 3. The minimum atomic E-state index is -0.368. The molecule has 0 aliphatic carbocycles. The van der Waals surface area contributed by atoms with Crippen LogP contribution in [-0.2, 0) is 24.7 Å². The van der Waals surface area contributed by atoms with Crippen LogP contribution in [0.1, 0.15) is 35.1 Å². The molecule has 7 heteroatoms. The second-order valence-electron chi connectivity index (χ2n) is 5.19. The Balaban J connectivity index is 1.94. The molecule has 1 aromatic heterocycles. The Morgan fingerprint density at radius 3 is 2.52 bits per heavy atom. The number of amides is 1. The van der Waals surface area contributed by atoms with Crippen LogP contribution in [0, 0.1) is 0 Å². The van der Waals surface area contributed by atoms with Gasteiger partial charge in [0.2, 0.25) is 5.91 Å². The van der Waals surface area contributed by atoms with Crippen molar-refractivity contribution in [2.45, 2.75) is 31.3 Å². The Labute approximate surface area is 139 Å². The van der Waals surface area contributed by atoms with Crippen molar-refractivity contribution in [3.05, 3.63) is 41.2 Å². The van der Waals surface area contributed by atoms with Crippen molar-refractivity contribution in [2.75, 3.05) is 5.75 Å². The largest absolute Gasteiger partial charge is 0.370 e. The number of primary amides is 1. The van der Waals surface area contributed by atoms with Crippen molar-refractivity contribution in [1.82, 2.24) is 14.8 Å². The Morgan fingerprint density at radius 1 is 1.22 bits per heavy atom. The lowest BCUT2D eigenvalue weighted by atomic mass is 10.1. The maximum absolute atomic E-state index is 12.2. The van der Waals surface area contributed by atoms with Gasteiger partial charge in [-0.15, -0.1) is 10.2 Å². The lowest BCUT2D eigenvalue weighted by Crippen LogP contribution is -2.13. The summed E-state index contributed by atoms with van der Waals surface area (Å²) in [7, 11) is 1.82. The zero-order valence-corrected chi connectivity index (χ0v) is 14.1. The minimum absolute atomic E-state index is 0.0549. The molecule has 0 fully saturated rings. The number of Topliss-reactive ketones (excluding diaryl/α,β-unsaturated/α-hetero) is 1. The van der Waals surface area contributed by atoms with Gasteiger partial charge >= 0.3 is 0 Å². The molecule has 0 aliphatic rings. The molecule has 1 heterocycles. The average Bonchev–Trinajstić information content (AvgIpc) is 2.91. The Hall–Kier alpha value is -2.15. The number of rotatable bonds is 8. The summed E-state index contributed by atoms with van der Waals surface area (Å²) in [5, 5.41) is 8.75. The number of carbonyl (C=O) groups is 2. The zero-order chi connectivity index (χ0) is 16.8. The van der Waals surface area contributed by atoms with Gasteiger partial charge in [-0.05, 0) is 12.0 Å². The van der Waals surface area contributed by atoms with E-state index in [1.54, 1.807) is 4.57 Å². The number of hydrogen-bond donors (Lipinski definition) is 1. The van der Waals surface area contributed by atoms with Crippen LogP contribution in [0.25, 0.3) is 0 Å². The van der Waals surface area contributed by atoms with Gasteiger partial charge in [-0.2, -0.15) is 0 Å². The van der Waals surface area contributed by atoms with Crippen molar-refractivity contribution < 1.29 is 9.59 Å². The number of benzene rings is 1. The molecule has 6 nitrogen and oxygen atoms in total. The molecule has 0 spiro atoms. The number of aryl methyl sites for hydroxylation is 2. The maximum Gasteiger partial charge on any atom is 0.217 e. The van der Waals surface area contributed by atoms with Crippen LogP contribution in [0.2, 0.25) is 0 Å². The van der Waals surface area contributed by atoms with Gasteiger partial charge in [0.25, 0.3) is 0 Å². The lowest BCUT2D eigenvalue weighted by Gasteiger charge is -2.04. The standard InChI is InChI=1S/C16H20N4O2S/c1-3-11-4-6-12(7-5-11)13(21)10-23-16-19-18-15(20(16)2)9-8-14(17)22/h4-7H,3,8-10H2,1-2H3,(H2,17,22). The molecule has 2 N–H and O–H groups in total. The minimum Gasteiger partial charge on any atom is -0.370 e. The van der Waals surface area contributed by atoms with Gasteiger partial charge in [-0.3, -0.25) is 9.59 Å². The van der Waals surface area contributed by atoms with E-state index in [1.165, 1.54) is 17.3 Å². The first kappa shape index (κ1) is 17.2. The van der Waals surface area contributed by atoms with Gasteiger partial charge in [0.15, 0.2) is 10.9 Å². The van der Waals surface area contributed by atoms with Crippen LogP contribution < -0.4 is 5.73 Å². The van der Waals surface area contributed by atoms with E-state index in [2.05, 4.69) is 17.1 Å². The van der Waals surface area contributed by atoms with Crippen molar-refractivity contribution in [3.8, 4) is 0 Å². The Morgan fingerprint density at radius 2 is 1.91 bits per heavy atom. The fraction of sp³-hybridized carbons (Fsp3) is 0.375. The molecule has 1 aromatic carbocycles. The van der Waals surface area contributed by atoms with E-state index in [4.69, 9.17) is 5.73 Å². The van der Waals surface area contributed by atoms with E-state index in [0.29, 0.717) is 28.7 Å². The van der Waals surface area contributed by atoms with E-state index >= 15 is 0 Å². The highest BCUT2D eigenvalue weighted by Gasteiger charge is 2.13. The van der Waals surface area contributed by atoms with Crippen molar-refractivity contribution in [3.63, 3.8) is 0 Å². The molecule has 122 valence electrons. The highest BCUT2D eigenvalue weighted by atomic mass is 32.2. The molecule has 23 heavy (non-hydrogen) atoms. The van der Waals surface area contributed by atoms with Crippen molar-refractivity contribution in [2.24, 2.45) is 12.8 Å². The molecule has 2 rings (SSSR count). The number of carbonyl (C=O) groups excluding carboxylic acids is 2. The fourth-order valence-corrected chi connectivity index (χ4v) is 2.89. The highest BCUT2D eigenvalue weighted by Crippen LogP contribution is 2.18. The molecule has 0 bridgehead atoms. The maximum atomic E-state index is 12.2. The molecule has 0 radical (unpaired) electrons. The topological polar surface area (TPSA) is 90.9 Å². The Bertz CT molecular complexity index is 695. The van der Waals surface area contributed by atoms with Gasteiger partial charge in [0.1, 0.15) is 5.82 Å². The van der Waals surface area contributed by atoms with Gasteiger partial charge in [-0.1, -0.05) is 43.0 Å². The number of nitrogens with zero attached hydrogens (tertiary/aromatic N) is 3. The van der Waals surface area contributed by atoms with E-state index in [-0.39, 0.29) is 18.1 Å². The lowest BCUT2D eigenvalue weighted by molar-refractivity contribution is -0.118. The smallest absolute Gasteiger partial charge is 0.217 e. The third-order valence-corrected chi connectivity index (χ3v) is 4.56. The summed E-state index contributed by atoms with van der Waals surface area (Å²) in [5.41, 5.74) is 7.04. The number of thioether (sulfide) groups is 1. The molecule has 1 amide bonds. The molecule has 0 aliphatic heterocycles. The molecule has 0 unspecified atom stereocenters. The van der Waals surface area contributed by atoms with Crippen molar-refractivity contribution >= 4 is 23.5 Å². The van der Waals surface area contributed by atoms with Gasteiger partial charge in [0, 0.05) is 25.5 Å². The molecule has 0 saturated carbocycles. The fourth-order valence-electron chi connectivity index (χ4n) is 2.06. The quantitative estimate of drug-likeness (QED) is 0.587. The third-order valence-electron chi connectivity index (χ3n) is 3.54. The number of ketones is 1. The predicted octanol–water partition coefficient (Wildman–Crippen LogP) is 1.77. The first-order valence-corrected chi connectivity index (χ1v) is 8.41. The number of hydrogen-bond acceptors (Lipinski definition) is 5. The second kappa shape index (κ2) is 7.92. The summed E-state index contributed by atoms with van der Waals surface area (Å²) in [6.07, 6.45) is 1.64. The van der Waals surface area contributed by atoms with Crippen LogP contribution >= 0.6 is 11.8 Å². The highest BCUT2D eigenvalue weighted by molar-refractivity contribution is 7.99. The molecule has 0 saturated heterocycles. The summed E-state index contributed by atoms with van der Waals surface area (Å²) in [6.45, 7) is 2.08. The van der Waals surface area contributed by atoms with Gasteiger partial charge in [0.05, 0.1) is 5.75 Å². The van der Waals surface area contributed by atoms with Crippen LogP contribution in [0.4, 0.5) is 0 Å². The van der Waals surface area contributed by atoms with Crippen LogP contribution in [0.3, 0.4) is 0 Å². The summed E-state index contributed by atoms with van der Waals surface area (Å²) in [6, 6.07) is 7.66. The van der Waals surface area contributed by atoms with E-state index in [1.807, 2.05) is 31.3 Å². The second-order valence-corrected chi connectivity index (χ2v) is 6.13. The number of nitrogens with two attached hydrogens (primary N) is 1. The zero-order valence-electron chi connectivity index (χ0n) is 13.3. The van der Waals surface area contributed by atoms with E-state index < -0.39 is 0 Å². The first-order valence-electron chi connectivity index (χ1n) is 7.42. The van der Waals surface area contributed by atoms with Crippen LogP contribution in [-0.4, -0.2) is 32.2 Å². The molecular weight excluding hydrogens is 312 g/mol. The summed E-state index contributed by atoms with van der Waals surface area (Å²) >= 11 is 1.34. The van der Waals surface area contributed by atoms with Gasteiger partial charge < -0.3 is 10.3 Å². The van der Waals surface area contributed by atoms with Crippen LogP contribution in [0.15, 0.2) is 29.4 Å². The van der Waals surface area contributed by atoms with E-state index in [9.17, 15) is 9.59 Å². The third kappa shape index (κ3) is 4.66. The molecular formula is C16H20N4O2S. The predicted molar refractivity (Wildman–Crippen MR) is 89.4 cm³/mol. The van der Waals surface area contributed by atoms with Crippen LogP contribution in [0.5, 0.6) is 0 Å².